The van der Waals surface area contributed by atoms with E-state index in [9.17, 15) is 12.8 Å². The number of sulfonamides is 1. The zero-order valence-electron chi connectivity index (χ0n) is 16.2. The molecule has 6 nitrogen and oxygen atoms in total. The monoisotopic (exact) mass is 425 g/mol. The first-order chi connectivity index (χ1) is 14.3. The fourth-order valence-corrected chi connectivity index (χ4v) is 4.00. The molecule has 4 rings (SSSR count). The molecule has 30 heavy (non-hydrogen) atoms. The molecule has 1 heterocycles. The Balaban J connectivity index is 1.76. The summed E-state index contributed by atoms with van der Waals surface area (Å²) in [5.41, 5.74) is 3.17. The second kappa shape index (κ2) is 7.89. The lowest BCUT2D eigenvalue weighted by Crippen LogP contribution is -2.19. The van der Waals surface area contributed by atoms with E-state index in [-0.39, 0.29) is 16.8 Å². The van der Waals surface area contributed by atoms with Gasteiger partial charge in [0.25, 0.3) is 0 Å². The van der Waals surface area contributed by atoms with Crippen LogP contribution in [0.4, 0.5) is 10.1 Å². The Morgan fingerprint density at radius 2 is 1.80 bits per heavy atom. The molecule has 8 heteroatoms. The Kier molecular flexibility index (Phi) is 5.27. The average molecular weight is 425 g/mol. The predicted molar refractivity (Wildman–Crippen MR) is 114 cm³/mol. The van der Waals surface area contributed by atoms with Gasteiger partial charge in [-0.1, -0.05) is 24.3 Å². The van der Waals surface area contributed by atoms with Gasteiger partial charge in [0.1, 0.15) is 11.6 Å². The number of anilines is 1. The van der Waals surface area contributed by atoms with Crippen LogP contribution in [-0.2, 0) is 10.0 Å². The van der Waals surface area contributed by atoms with Crippen LogP contribution < -0.4 is 14.9 Å². The van der Waals surface area contributed by atoms with Gasteiger partial charge in [0.2, 0.25) is 10.0 Å². The molecule has 0 saturated heterocycles. The standard InChI is InChI=1S/C22H20FN3O3S/c1-29-19-7-3-4-15(13-19)21-14-22(16-5-2-6-17(23)12-16)26(25-21)18-8-10-20(11-9-18)30(24,27)28/h2-13,22H,14H2,1H3,(H2,24,27,28)/t22-/m1/s1. The molecular formula is C22H20FN3O3S. The van der Waals surface area contributed by atoms with Crippen molar-refractivity contribution in [1.29, 1.82) is 0 Å². The molecule has 2 N–H and O–H groups in total. The van der Waals surface area contributed by atoms with Crippen molar-refractivity contribution in [1.82, 2.24) is 0 Å². The summed E-state index contributed by atoms with van der Waals surface area (Å²) in [7, 11) is -2.19. The van der Waals surface area contributed by atoms with Crippen molar-refractivity contribution in [3.8, 4) is 5.75 Å². The summed E-state index contributed by atoms with van der Waals surface area (Å²) in [6.45, 7) is 0. The quantitative estimate of drug-likeness (QED) is 0.673. The van der Waals surface area contributed by atoms with Crippen molar-refractivity contribution in [3.05, 3.63) is 89.7 Å². The molecule has 0 aromatic heterocycles. The summed E-state index contributed by atoms with van der Waals surface area (Å²) in [6, 6.07) is 19.9. The van der Waals surface area contributed by atoms with Crippen LogP contribution in [0, 0.1) is 5.82 Å². The largest absolute Gasteiger partial charge is 0.497 e. The van der Waals surface area contributed by atoms with E-state index in [2.05, 4.69) is 0 Å². The summed E-state index contributed by atoms with van der Waals surface area (Å²) in [5, 5.41) is 11.7. The number of hydrogen-bond acceptors (Lipinski definition) is 5. The smallest absolute Gasteiger partial charge is 0.238 e. The van der Waals surface area contributed by atoms with Crippen molar-refractivity contribution in [2.45, 2.75) is 17.4 Å². The fourth-order valence-electron chi connectivity index (χ4n) is 3.49. The van der Waals surface area contributed by atoms with Crippen LogP contribution in [0.2, 0.25) is 0 Å². The average Bonchev–Trinajstić information content (AvgIpc) is 3.19. The van der Waals surface area contributed by atoms with Crippen LogP contribution in [0.5, 0.6) is 5.75 Å². The number of hydrazone groups is 1. The van der Waals surface area contributed by atoms with Crippen molar-refractivity contribution in [3.63, 3.8) is 0 Å². The first-order valence-corrected chi connectivity index (χ1v) is 10.8. The molecule has 1 aliphatic rings. The van der Waals surface area contributed by atoms with Crippen LogP contribution in [0.3, 0.4) is 0 Å². The van der Waals surface area contributed by atoms with E-state index in [1.807, 2.05) is 30.3 Å². The van der Waals surface area contributed by atoms with Gasteiger partial charge in [-0.05, 0) is 54.1 Å². The minimum atomic E-state index is -3.79. The van der Waals surface area contributed by atoms with Gasteiger partial charge in [-0.15, -0.1) is 0 Å². The van der Waals surface area contributed by atoms with Crippen LogP contribution in [0.25, 0.3) is 0 Å². The van der Waals surface area contributed by atoms with Gasteiger partial charge >= 0.3 is 0 Å². The molecule has 1 aliphatic heterocycles. The molecule has 3 aromatic rings. The Morgan fingerprint density at radius 1 is 1.07 bits per heavy atom. The topological polar surface area (TPSA) is 85.0 Å². The molecule has 1 atom stereocenters. The third-order valence-electron chi connectivity index (χ3n) is 4.98. The summed E-state index contributed by atoms with van der Waals surface area (Å²) >= 11 is 0. The highest BCUT2D eigenvalue weighted by molar-refractivity contribution is 7.89. The molecule has 0 spiro atoms. The van der Waals surface area contributed by atoms with Crippen LogP contribution in [0.1, 0.15) is 23.6 Å². The van der Waals surface area contributed by atoms with Crippen LogP contribution in [0.15, 0.2) is 82.8 Å². The van der Waals surface area contributed by atoms with Crippen LogP contribution in [-0.4, -0.2) is 21.2 Å². The maximum Gasteiger partial charge on any atom is 0.238 e. The second-order valence-electron chi connectivity index (χ2n) is 6.94. The number of hydrogen-bond donors (Lipinski definition) is 1. The summed E-state index contributed by atoms with van der Waals surface area (Å²) in [6.07, 6.45) is 0.549. The van der Waals surface area contributed by atoms with Gasteiger partial charge in [0.05, 0.1) is 29.4 Å². The highest BCUT2D eigenvalue weighted by Crippen LogP contribution is 2.37. The number of nitrogens with two attached hydrogens (primary N) is 1. The lowest BCUT2D eigenvalue weighted by atomic mass is 9.98. The summed E-state index contributed by atoms with van der Waals surface area (Å²) < 4.78 is 42.3. The van der Waals surface area contributed by atoms with Crippen molar-refractivity contribution in [2.24, 2.45) is 10.2 Å². The third-order valence-corrected chi connectivity index (χ3v) is 5.91. The first-order valence-electron chi connectivity index (χ1n) is 9.24. The van der Waals surface area contributed by atoms with Gasteiger partial charge in [-0.3, -0.25) is 5.01 Å². The lowest BCUT2D eigenvalue weighted by molar-refractivity contribution is 0.414. The molecule has 3 aromatic carbocycles. The fraction of sp³-hybridized carbons (Fsp3) is 0.136. The number of primary sulfonamides is 1. The Morgan fingerprint density at radius 3 is 2.47 bits per heavy atom. The molecule has 154 valence electrons. The number of methoxy groups -OCH3 is 1. The van der Waals surface area contributed by atoms with Crippen molar-refractivity contribution in [2.75, 3.05) is 12.1 Å². The molecule has 0 amide bonds. The van der Waals surface area contributed by atoms with E-state index in [0.717, 1.165) is 16.8 Å². The van der Waals surface area contributed by atoms with E-state index >= 15 is 0 Å². The Hall–Kier alpha value is -3.23. The number of nitrogens with zero attached hydrogens (tertiary/aromatic N) is 2. The predicted octanol–water partition coefficient (Wildman–Crippen LogP) is 3.84. The molecular weight excluding hydrogens is 405 g/mol. The van der Waals surface area contributed by atoms with E-state index in [0.29, 0.717) is 17.9 Å². The van der Waals surface area contributed by atoms with E-state index < -0.39 is 10.0 Å². The SMILES string of the molecule is COc1cccc(C2=NN(c3ccc(S(N)(=O)=O)cc3)[C@@H](c3cccc(F)c3)C2)c1. The Labute approximate surface area is 174 Å². The molecule has 0 bridgehead atoms. The highest BCUT2D eigenvalue weighted by atomic mass is 32.2. The molecule has 0 fully saturated rings. The molecule has 0 aliphatic carbocycles. The van der Waals surface area contributed by atoms with Crippen molar-refractivity contribution < 1.29 is 17.5 Å². The molecule has 0 radical (unpaired) electrons. The number of ether oxygens (including phenoxy) is 1. The second-order valence-corrected chi connectivity index (χ2v) is 8.50. The van der Waals surface area contributed by atoms with Crippen LogP contribution >= 0.6 is 0 Å². The van der Waals surface area contributed by atoms with E-state index in [4.69, 9.17) is 15.0 Å². The van der Waals surface area contributed by atoms with Gasteiger partial charge in [-0.2, -0.15) is 5.10 Å². The zero-order chi connectivity index (χ0) is 21.3. The minimum absolute atomic E-state index is 0.0183. The summed E-state index contributed by atoms with van der Waals surface area (Å²) in [5.74, 6) is 0.389. The first kappa shape index (κ1) is 20.1. The van der Waals surface area contributed by atoms with E-state index in [1.165, 1.54) is 24.3 Å². The Bertz CT molecular complexity index is 1210. The minimum Gasteiger partial charge on any atom is -0.497 e. The highest BCUT2D eigenvalue weighted by Gasteiger charge is 2.30. The maximum absolute atomic E-state index is 13.9. The number of halogens is 1. The number of benzene rings is 3. The third kappa shape index (κ3) is 4.05. The van der Waals surface area contributed by atoms with E-state index in [1.54, 1.807) is 30.3 Å². The lowest BCUT2D eigenvalue weighted by Gasteiger charge is -2.24. The van der Waals surface area contributed by atoms with Gasteiger partial charge < -0.3 is 4.74 Å². The van der Waals surface area contributed by atoms with Gasteiger partial charge in [0.15, 0.2) is 0 Å². The zero-order valence-corrected chi connectivity index (χ0v) is 17.0. The maximum atomic E-state index is 13.9. The van der Waals surface area contributed by atoms with Gasteiger partial charge in [0, 0.05) is 12.0 Å². The summed E-state index contributed by atoms with van der Waals surface area (Å²) in [4.78, 5) is 0.0183. The van der Waals surface area contributed by atoms with Gasteiger partial charge in [-0.25, -0.2) is 17.9 Å². The number of rotatable bonds is 5. The van der Waals surface area contributed by atoms with Crippen molar-refractivity contribution >= 4 is 21.4 Å². The normalized spacial score (nSPS) is 16.4. The molecule has 0 unspecified atom stereocenters. The molecule has 0 saturated carbocycles.